The van der Waals surface area contributed by atoms with E-state index in [9.17, 15) is 5.11 Å². The second-order valence-corrected chi connectivity index (χ2v) is 6.82. The Balaban J connectivity index is 0.00000312. The number of aliphatic hydroxyl groups is 1. The fourth-order valence-corrected chi connectivity index (χ4v) is 2.85. The summed E-state index contributed by atoms with van der Waals surface area (Å²) in [6.45, 7) is 10.8. The van der Waals surface area contributed by atoms with Crippen LogP contribution in [0.15, 0.2) is 29.3 Å². The van der Waals surface area contributed by atoms with Crippen LogP contribution in [-0.2, 0) is 13.1 Å². The van der Waals surface area contributed by atoms with Crippen molar-refractivity contribution in [3.8, 4) is 0 Å². The van der Waals surface area contributed by atoms with Crippen molar-refractivity contribution >= 4 is 29.9 Å². The third-order valence-electron chi connectivity index (χ3n) is 4.18. The van der Waals surface area contributed by atoms with Gasteiger partial charge in [-0.2, -0.15) is 0 Å². The molecule has 25 heavy (non-hydrogen) atoms. The molecule has 142 valence electrons. The van der Waals surface area contributed by atoms with Crippen LogP contribution in [-0.4, -0.2) is 47.7 Å². The van der Waals surface area contributed by atoms with Crippen molar-refractivity contribution in [2.45, 2.75) is 58.8 Å². The average molecular weight is 460 g/mol. The predicted molar refractivity (Wildman–Crippen MR) is 115 cm³/mol. The molecule has 0 atom stereocenters. The first-order valence-corrected chi connectivity index (χ1v) is 9.10. The molecule has 0 spiro atoms. The maximum absolute atomic E-state index is 9.58. The summed E-state index contributed by atoms with van der Waals surface area (Å²) in [6.07, 6.45) is 1.68. The number of aliphatic imine (C=N–C) groups is 1. The maximum atomic E-state index is 9.58. The average Bonchev–Trinajstić information content (AvgIpc) is 2.56. The van der Waals surface area contributed by atoms with Crippen molar-refractivity contribution in [3.05, 3.63) is 35.4 Å². The molecule has 1 aliphatic heterocycles. The normalized spacial score (nSPS) is 16.6. The Hall–Kier alpha value is -0.860. The molecule has 1 saturated heterocycles. The summed E-state index contributed by atoms with van der Waals surface area (Å²) < 4.78 is 0. The largest absolute Gasteiger partial charge is 0.393 e. The van der Waals surface area contributed by atoms with E-state index in [-0.39, 0.29) is 30.1 Å². The van der Waals surface area contributed by atoms with E-state index in [0.717, 1.165) is 45.0 Å². The van der Waals surface area contributed by atoms with Crippen LogP contribution in [0.3, 0.4) is 0 Å². The third kappa shape index (κ3) is 8.37. The number of hydrogen-bond donors (Lipinski definition) is 3. The Morgan fingerprint density at radius 1 is 1.20 bits per heavy atom. The fraction of sp³-hybridized carbons (Fsp3) is 0.632. The topological polar surface area (TPSA) is 59.9 Å². The lowest BCUT2D eigenvalue weighted by Crippen LogP contribution is -2.40. The van der Waals surface area contributed by atoms with Crippen molar-refractivity contribution in [2.24, 2.45) is 4.99 Å². The van der Waals surface area contributed by atoms with Crippen molar-refractivity contribution in [3.63, 3.8) is 0 Å². The van der Waals surface area contributed by atoms with Crippen LogP contribution in [0.4, 0.5) is 0 Å². The third-order valence-corrected chi connectivity index (χ3v) is 4.18. The number of nitrogens with zero attached hydrogens (tertiary/aromatic N) is 2. The van der Waals surface area contributed by atoms with E-state index >= 15 is 0 Å². The molecule has 1 aliphatic rings. The van der Waals surface area contributed by atoms with Gasteiger partial charge < -0.3 is 15.7 Å². The molecular formula is C19H33IN4O. The second-order valence-electron chi connectivity index (χ2n) is 6.82. The van der Waals surface area contributed by atoms with Gasteiger partial charge in [0.05, 0.1) is 12.6 Å². The first-order valence-electron chi connectivity index (χ1n) is 9.10. The van der Waals surface area contributed by atoms with E-state index in [0.29, 0.717) is 12.6 Å². The van der Waals surface area contributed by atoms with Gasteiger partial charge in [-0.1, -0.05) is 24.3 Å². The van der Waals surface area contributed by atoms with E-state index < -0.39 is 0 Å². The van der Waals surface area contributed by atoms with E-state index in [2.05, 4.69) is 65.6 Å². The zero-order valence-electron chi connectivity index (χ0n) is 15.7. The van der Waals surface area contributed by atoms with Crippen LogP contribution in [0.2, 0.25) is 0 Å². The molecule has 0 radical (unpaired) electrons. The van der Waals surface area contributed by atoms with Gasteiger partial charge in [-0.15, -0.1) is 24.0 Å². The lowest BCUT2D eigenvalue weighted by atomic mass is 10.1. The number of rotatable bonds is 6. The smallest absolute Gasteiger partial charge is 0.191 e. The lowest BCUT2D eigenvalue weighted by Gasteiger charge is -2.29. The zero-order chi connectivity index (χ0) is 17.4. The summed E-state index contributed by atoms with van der Waals surface area (Å²) in [6, 6.07) is 9.08. The summed E-state index contributed by atoms with van der Waals surface area (Å²) in [4.78, 5) is 7.05. The second kappa shape index (κ2) is 11.7. The Bertz CT molecular complexity index is 511. The van der Waals surface area contributed by atoms with Crippen LogP contribution in [0.5, 0.6) is 0 Å². The number of nitrogens with one attached hydrogen (secondary N) is 2. The number of guanidine groups is 1. The number of hydrogen-bond acceptors (Lipinski definition) is 3. The summed E-state index contributed by atoms with van der Waals surface area (Å²) >= 11 is 0. The van der Waals surface area contributed by atoms with Gasteiger partial charge in [0.25, 0.3) is 0 Å². The molecule has 1 aromatic rings. The quantitative estimate of drug-likeness (QED) is 0.347. The lowest BCUT2D eigenvalue weighted by molar-refractivity contribution is 0.0792. The van der Waals surface area contributed by atoms with Crippen LogP contribution in [0, 0.1) is 0 Å². The highest BCUT2D eigenvalue weighted by atomic mass is 127. The summed E-state index contributed by atoms with van der Waals surface area (Å²) in [7, 11) is 0. The van der Waals surface area contributed by atoms with E-state index in [1.54, 1.807) is 0 Å². The zero-order valence-corrected chi connectivity index (χ0v) is 18.0. The molecule has 0 aromatic heterocycles. The van der Waals surface area contributed by atoms with Gasteiger partial charge in [-0.25, -0.2) is 4.99 Å². The Kier molecular flexibility index (Phi) is 10.4. The molecular weight excluding hydrogens is 427 g/mol. The molecule has 1 heterocycles. The Labute approximate surface area is 169 Å². The van der Waals surface area contributed by atoms with Gasteiger partial charge in [0.2, 0.25) is 0 Å². The van der Waals surface area contributed by atoms with Gasteiger partial charge in [0, 0.05) is 32.2 Å². The van der Waals surface area contributed by atoms with Crippen molar-refractivity contribution in [1.29, 1.82) is 0 Å². The van der Waals surface area contributed by atoms with Gasteiger partial charge in [-0.05, 0) is 44.7 Å². The highest BCUT2D eigenvalue weighted by Gasteiger charge is 2.16. The van der Waals surface area contributed by atoms with Gasteiger partial charge in [0.1, 0.15) is 0 Å². The van der Waals surface area contributed by atoms with E-state index in [1.165, 1.54) is 11.1 Å². The van der Waals surface area contributed by atoms with Crippen LogP contribution in [0.25, 0.3) is 0 Å². The van der Waals surface area contributed by atoms with Gasteiger partial charge >= 0.3 is 0 Å². The number of halogens is 1. The highest BCUT2D eigenvalue weighted by Crippen LogP contribution is 2.14. The molecule has 1 fully saturated rings. The molecule has 2 rings (SSSR count). The van der Waals surface area contributed by atoms with Crippen LogP contribution < -0.4 is 10.6 Å². The van der Waals surface area contributed by atoms with E-state index in [4.69, 9.17) is 0 Å². The first-order chi connectivity index (χ1) is 11.6. The van der Waals surface area contributed by atoms with E-state index in [1.807, 2.05) is 0 Å². The van der Waals surface area contributed by atoms with Crippen molar-refractivity contribution in [1.82, 2.24) is 15.5 Å². The summed E-state index contributed by atoms with van der Waals surface area (Å²) in [5.74, 6) is 0.864. The molecule has 0 bridgehead atoms. The summed E-state index contributed by atoms with van der Waals surface area (Å²) in [5, 5.41) is 16.2. The number of benzene rings is 1. The molecule has 1 aromatic carbocycles. The Morgan fingerprint density at radius 3 is 2.36 bits per heavy atom. The van der Waals surface area contributed by atoms with Crippen molar-refractivity contribution in [2.75, 3.05) is 19.6 Å². The highest BCUT2D eigenvalue weighted by molar-refractivity contribution is 14.0. The minimum Gasteiger partial charge on any atom is -0.393 e. The minimum absolute atomic E-state index is 0. The molecule has 5 nitrogen and oxygen atoms in total. The van der Waals surface area contributed by atoms with Crippen LogP contribution >= 0.6 is 24.0 Å². The van der Waals surface area contributed by atoms with Gasteiger partial charge in [0.15, 0.2) is 5.96 Å². The number of piperidine rings is 1. The molecule has 6 heteroatoms. The molecule has 0 aliphatic carbocycles. The Morgan fingerprint density at radius 2 is 1.80 bits per heavy atom. The predicted octanol–water partition coefficient (Wildman–Crippen LogP) is 2.72. The number of likely N-dealkylation sites (tertiary alicyclic amines) is 1. The monoisotopic (exact) mass is 460 g/mol. The molecule has 0 amide bonds. The SMILES string of the molecule is CCNC(=NCc1ccc(CN2CCC(O)CC2)cc1)NC(C)C.I. The maximum Gasteiger partial charge on any atom is 0.191 e. The standard InChI is InChI=1S/C19H32N4O.HI/c1-4-20-19(22-15(2)3)21-13-16-5-7-17(8-6-16)14-23-11-9-18(24)10-12-23;/h5-8,15,18,24H,4,9-14H2,1-3H3,(H2,20,21,22);1H. The van der Waals surface area contributed by atoms with Crippen LogP contribution in [0.1, 0.15) is 44.7 Å². The molecule has 0 unspecified atom stereocenters. The molecule has 0 saturated carbocycles. The first kappa shape index (κ1) is 22.2. The van der Waals surface area contributed by atoms with Gasteiger partial charge in [-0.3, -0.25) is 4.90 Å². The number of aliphatic hydroxyl groups excluding tert-OH is 1. The van der Waals surface area contributed by atoms with Crippen molar-refractivity contribution < 1.29 is 5.11 Å². The summed E-state index contributed by atoms with van der Waals surface area (Å²) in [5.41, 5.74) is 2.54. The minimum atomic E-state index is -0.105. The fourth-order valence-electron chi connectivity index (χ4n) is 2.85. The molecule has 3 N–H and O–H groups in total.